The number of hydrogen-bond acceptors (Lipinski definition) is 4. The van der Waals surface area contributed by atoms with Crippen molar-refractivity contribution in [3.8, 4) is 5.88 Å². The first-order chi connectivity index (χ1) is 6.52. The summed E-state index contributed by atoms with van der Waals surface area (Å²) in [6.07, 6.45) is 1.53. The first kappa shape index (κ1) is 10.8. The Morgan fingerprint density at radius 2 is 1.86 bits per heavy atom. The third-order valence-corrected chi connectivity index (χ3v) is 1.80. The molecule has 1 heterocycles. The molecule has 4 nitrogen and oxygen atoms in total. The minimum Gasteiger partial charge on any atom is -0.475 e. The van der Waals surface area contributed by atoms with Gasteiger partial charge in [0.25, 0.3) is 0 Å². The molecule has 78 valence electrons. The third kappa shape index (κ3) is 2.34. The highest BCUT2D eigenvalue weighted by molar-refractivity contribution is 5.46. The van der Waals surface area contributed by atoms with Crippen LogP contribution in [0.1, 0.15) is 39.2 Å². The van der Waals surface area contributed by atoms with Crippen LogP contribution >= 0.6 is 0 Å². The molecule has 0 radical (unpaired) electrons. The number of anilines is 1. The van der Waals surface area contributed by atoms with E-state index in [9.17, 15) is 0 Å². The lowest BCUT2D eigenvalue weighted by Gasteiger charge is -2.15. The van der Waals surface area contributed by atoms with E-state index in [2.05, 4.69) is 9.97 Å². The highest BCUT2D eigenvalue weighted by Gasteiger charge is 2.14. The van der Waals surface area contributed by atoms with Crippen molar-refractivity contribution in [1.29, 1.82) is 0 Å². The molecular formula is C10H17N3O. The summed E-state index contributed by atoms with van der Waals surface area (Å²) in [6.45, 7) is 8.01. The minimum atomic E-state index is 0.0989. The molecule has 0 aromatic carbocycles. The fourth-order valence-electron chi connectivity index (χ4n) is 1.25. The molecule has 0 spiro atoms. The number of nitrogen functional groups attached to an aromatic ring is 1. The SMILES string of the molecule is CC(C)Oc1ncnc(N)c1C(C)C. The molecule has 0 unspecified atom stereocenters. The van der Waals surface area contributed by atoms with Crippen LogP contribution in [-0.2, 0) is 0 Å². The van der Waals surface area contributed by atoms with Crippen LogP contribution < -0.4 is 10.5 Å². The summed E-state index contributed by atoms with van der Waals surface area (Å²) in [4.78, 5) is 8.04. The van der Waals surface area contributed by atoms with E-state index < -0.39 is 0 Å². The maximum Gasteiger partial charge on any atom is 0.222 e. The maximum absolute atomic E-state index is 5.77. The van der Waals surface area contributed by atoms with Crippen molar-refractivity contribution in [3.63, 3.8) is 0 Å². The predicted molar refractivity (Wildman–Crippen MR) is 56.3 cm³/mol. The number of ether oxygens (including phenoxy) is 1. The van der Waals surface area contributed by atoms with E-state index in [0.29, 0.717) is 11.7 Å². The van der Waals surface area contributed by atoms with Gasteiger partial charge in [-0.25, -0.2) is 9.97 Å². The van der Waals surface area contributed by atoms with Crippen LogP contribution in [0.4, 0.5) is 5.82 Å². The van der Waals surface area contributed by atoms with Gasteiger partial charge in [-0.2, -0.15) is 0 Å². The summed E-state index contributed by atoms with van der Waals surface area (Å²) in [5.41, 5.74) is 6.66. The molecule has 0 aliphatic carbocycles. The van der Waals surface area contributed by atoms with E-state index >= 15 is 0 Å². The zero-order valence-electron chi connectivity index (χ0n) is 9.11. The van der Waals surface area contributed by atoms with Crippen LogP contribution in [0.2, 0.25) is 0 Å². The topological polar surface area (TPSA) is 61.0 Å². The molecule has 0 bridgehead atoms. The summed E-state index contributed by atoms with van der Waals surface area (Å²) < 4.78 is 5.56. The Morgan fingerprint density at radius 1 is 1.21 bits per heavy atom. The van der Waals surface area contributed by atoms with Crippen molar-refractivity contribution in [2.45, 2.75) is 39.7 Å². The normalized spacial score (nSPS) is 11.0. The molecule has 0 saturated carbocycles. The Balaban J connectivity index is 3.08. The van der Waals surface area contributed by atoms with Crippen molar-refractivity contribution in [2.24, 2.45) is 0 Å². The molecular weight excluding hydrogens is 178 g/mol. The second-order valence-corrected chi connectivity index (χ2v) is 3.80. The molecule has 14 heavy (non-hydrogen) atoms. The lowest BCUT2D eigenvalue weighted by atomic mass is 10.1. The van der Waals surface area contributed by atoms with E-state index in [1.165, 1.54) is 6.33 Å². The van der Waals surface area contributed by atoms with Crippen molar-refractivity contribution in [2.75, 3.05) is 5.73 Å². The standard InChI is InChI=1S/C10H17N3O/c1-6(2)8-9(11)12-5-13-10(8)14-7(3)4/h5-7H,1-4H3,(H2,11,12,13). The number of rotatable bonds is 3. The Kier molecular flexibility index (Phi) is 3.28. The minimum absolute atomic E-state index is 0.0989. The second-order valence-electron chi connectivity index (χ2n) is 3.80. The Hall–Kier alpha value is -1.32. The van der Waals surface area contributed by atoms with Crippen LogP contribution in [0.3, 0.4) is 0 Å². The lowest BCUT2D eigenvalue weighted by molar-refractivity contribution is 0.229. The lowest BCUT2D eigenvalue weighted by Crippen LogP contribution is -2.11. The van der Waals surface area contributed by atoms with Crippen LogP contribution in [0.15, 0.2) is 6.33 Å². The van der Waals surface area contributed by atoms with Crippen LogP contribution in [0.25, 0.3) is 0 Å². The zero-order valence-corrected chi connectivity index (χ0v) is 9.11. The number of nitrogens with two attached hydrogens (primary N) is 1. The first-order valence-electron chi connectivity index (χ1n) is 4.79. The Bertz CT molecular complexity index is 310. The maximum atomic E-state index is 5.77. The van der Waals surface area contributed by atoms with Gasteiger partial charge in [-0.15, -0.1) is 0 Å². The summed E-state index contributed by atoms with van der Waals surface area (Å²) in [5, 5.41) is 0. The fourth-order valence-corrected chi connectivity index (χ4v) is 1.25. The fraction of sp³-hybridized carbons (Fsp3) is 0.600. The van der Waals surface area contributed by atoms with Gasteiger partial charge in [-0.3, -0.25) is 0 Å². The van der Waals surface area contributed by atoms with Gasteiger partial charge in [-0.05, 0) is 19.8 Å². The van der Waals surface area contributed by atoms with Gasteiger partial charge in [0.2, 0.25) is 5.88 Å². The molecule has 4 heteroatoms. The zero-order chi connectivity index (χ0) is 10.7. The van der Waals surface area contributed by atoms with Crippen molar-refractivity contribution in [1.82, 2.24) is 9.97 Å². The van der Waals surface area contributed by atoms with Gasteiger partial charge in [0.05, 0.1) is 11.7 Å². The largest absolute Gasteiger partial charge is 0.475 e. The molecule has 0 atom stereocenters. The van der Waals surface area contributed by atoms with Gasteiger partial charge in [-0.1, -0.05) is 13.8 Å². The quantitative estimate of drug-likeness (QED) is 0.801. The molecule has 0 aliphatic heterocycles. The molecule has 0 amide bonds. The van der Waals surface area contributed by atoms with Gasteiger partial charge in [0.15, 0.2) is 0 Å². The van der Waals surface area contributed by atoms with E-state index in [-0.39, 0.29) is 12.0 Å². The van der Waals surface area contributed by atoms with Crippen molar-refractivity contribution >= 4 is 5.82 Å². The van der Waals surface area contributed by atoms with Gasteiger partial charge >= 0.3 is 0 Å². The highest BCUT2D eigenvalue weighted by Crippen LogP contribution is 2.28. The average molecular weight is 195 g/mol. The van der Waals surface area contributed by atoms with Crippen LogP contribution in [0, 0.1) is 0 Å². The van der Waals surface area contributed by atoms with E-state index in [4.69, 9.17) is 10.5 Å². The molecule has 1 rings (SSSR count). The van der Waals surface area contributed by atoms with E-state index in [1.54, 1.807) is 0 Å². The van der Waals surface area contributed by atoms with Gasteiger partial charge in [0, 0.05) is 0 Å². The summed E-state index contributed by atoms with van der Waals surface area (Å²) in [5.74, 6) is 1.37. The number of hydrogen-bond donors (Lipinski definition) is 1. The van der Waals surface area contributed by atoms with Crippen molar-refractivity contribution in [3.05, 3.63) is 11.9 Å². The molecule has 2 N–H and O–H groups in total. The Morgan fingerprint density at radius 3 is 2.36 bits per heavy atom. The first-order valence-corrected chi connectivity index (χ1v) is 4.79. The molecule has 1 aromatic heterocycles. The van der Waals surface area contributed by atoms with Crippen LogP contribution in [0.5, 0.6) is 5.88 Å². The monoisotopic (exact) mass is 195 g/mol. The smallest absolute Gasteiger partial charge is 0.222 e. The Labute approximate surface area is 84.5 Å². The average Bonchev–Trinajstić information content (AvgIpc) is 2.01. The number of nitrogens with zero attached hydrogens (tertiary/aromatic N) is 2. The van der Waals surface area contributed by atoms with E-state index in [1.807, 2.05) is 27.7 Å². The second kappa shape index (κ2) is 4.26. The summed E-state index contributed by atoms with van der Waals surface area (Å²) in [7, 11) is 0. The summed E-state index contributed by atoms with van der Waals surface area (Å²) >= 11 is 0. The molecule has 0 fully saturated rings. The van der Waals surface area contributed by atoms with Gasteiger partial charge < -0.3 is 10.5 Å². The van der Waals surface area contributed by atoms with Gasteiger partial charge in [0.1, 0.15) is 12.1 Å². The summed E-state index contributed by atoms with van der Waals surface area (Å²) in [6, 6.07) is 0. The molecule has 0 saturated heterocycles. The molecule has 0 aliphatic rings. The molecule has 1 aromatic rings. The number of aromatic nitrogens is 2. The highest BCUT2D eigenvalue weighted by atomic mass is 16.5. The van der Waals surface area contributed by atoms with Crippen LogP contribution in [-0.4, -0.2) is 16.1 Å². The van der Waals surface area contributed by atoms with Crippen molar-refractivity contribution < 1.29 is 4.74 Å². The third-order valence-electron chi connectivity index (χ3n) is 1.80. The van der Waals surface area contributed by atoms with E-state index in [0.717, 1.165) is 5.56 Å². The predicted octanol–water partition coefficient (Wildman–Crippen LogP) is 1.97.